The van der Waals surface area contributed by atoms with E-state index >= 15 is 0 Å². The zero-order valence-electron chi connectivity index (χ0n) is 10.2. The first-order valence-electron chi connectivity index (χ1n) is 5.99. The number of hydrogen-bond donors (Lipinski definition) is 0. The third-order valence-corrected chi connectivity index (χ3v) is 2.46. The molecule has 0 heterocycles. The van der Waals surface area contributed by atoms with Crippen molar-refractivity contribution in [2.75, 3.05) is 6.61 Å². The summed E-state index contributed by atoms with van der Waals surface area (Å²) in [4.78, 5) is 11.4. The molecule has 0 saturated heterocycles. The molecular formula is C14H20O2. The standard InChI is InChI=1S/C14H20O2/c1-3-5-13(15)9-6-12-7-10-14(11-8-12)16-4-2/h7-8,10-11H,3-6,9H2,1-2H3. The van der Waals surface area contributed by atoms with Crippen molar-refractivity contribution >= 4 is 5.78 Å². The minimum Gasteiger partial charge on any atom is -0.494 e. The summed E-state index contributed by atoms with van der Waals surface area (Å²) in [6, 6.07) is 7.99. The van der Waals surface area contributed by atoms with E-state index in [0.717, 1.165) is 18.6 Å². The van der Waals surface area contributed by atoms with Gasteiger partial charge >= 0.3 is 0 Å². The first-order valence-corrected chi connectivity index (χ1v) is 5.99. The van der Waals surface area contributed by atoms with E-state index in [0.29, 0.717) is 25.2 Å². The summed E-state index contributed by atoms with van der Waals surface area (Å²) in [6.07, 6.45) is 3.15. The van der Waals surface area contributed by atoms with Gasteiger partial charge in [0.1, 0.15) is 11.5 Å². The fraction of sp³-hybridized carbons (Fsp3) is 0.500. The van der Waals surface area contributed by atoms with E-state index in [-0.39, 0.29) is 0 Å². The van der Waals surface area contributed by atoms with Crippen LogP contribution in [-0.4, -0.2) is 12.4 Å². The second-order valence-corrected chi connectivity index (χ2v) is 3.87. The van der Waals surface area contributed by atoms with E-state index in [1.807, 2.05) is 38.1 Å². The van der Waals surface area contributed by atoms with Crippen LogP contribution in [0.5, 0.6) is 5.75 Å². The molecule has 1 aromatic carbocycles. The molecule has 0 N–H and O–H groups in total. The van der Waals surface area contributed by atoms with Gasteiger partial charge in [0.2, 0.25) is 0 Å². The number of Topliss-reactive ketones (excluding diaryl/α,β-unsaturated/α-hetero) is 1. The summed E-state index contributed by atoms with van der Waals surface area (Å²) in [5, 5.41) is 0. The Labute approximate surface area is 97.6 Å². The molecular weight excluding hydrogens is 200 g/mol. The van der Waals surface area contributed by atoms with E-state index in [9.17, 15) is 4.79 Å². The van der Waals surface area contributed by atoms with Crippen LogP contribution >= 0.6 is 0 Å². The molecule has 1 aromatic rings. The van der Waals surface area contributed by atoms with Gasteiger partial charge < -0.3 is 4.74 Å². The number of hydrogen-bond acceptors (Lipinski definition) is 2. The smallest absolute Gasteiger partial charge is 0.133 e. The van der Waals surface area contributed by atoms with Gasteiger partial charge in [-0.1, -0.05) is 19.1 Å². The molecule has 0 aromatic heterocycles. The van der Waals surface area contributed by atoms with Crippen LogP contribution in [0.1, 0.15) is 38.7 Å². The monoisotopic (exact) mass is 220 g/mol. The van der Waals surface area contributed by atoms with E-state index in [2.05, 4.69) is 0 Å². The minimum absolute atomic E-state index is 0.358. The Balaban J connectivity index is 2.40. The van der Waals surface area contributed by atoms with Gasteiger partial charge in [0.15, 0.2) is 0 Å². The van der Waals surface area contributed by atoms with Crippen molar-refractivity contribution in [1.82, 2.24) is 0 Å². The lowest BCUT2D eigenvalue weighted by Gasteiger charge is -2.04. The molecule has 0 radical (unpaired) electrons. The van der Waals surface area contributed by atoms with E-state index in [4.69, 9.17) is 4.74 Å². The molecule has 0 bridgehead atoms. The van der Waals surface area contributed by atoms with Crippen LogP contribution in [0.15, 0.2) is 24.3 Å². The molecule has 2 heteroatoms. The van der Waals surface area contributed by atoms with Gasteiger partial charge in [-0.25, -0.2) is 0 Å². The van der Waals surface area contributed by atoms with E-state index in [1.165, 1.54) is 5.56 Å². The number of carbonyl (C=O) groups excluding carboxylic acids is 1. The van der Waals surface area contributed by atoms with Crippen LogP contribution in [0, 0.1) is 0 Å². The highest BCUT2D eigenvalue weighted by Crippen LogP contribution is 2.13. The van der Waals surface area contributed by atoms with Crippen molar-refractivity contribution in [3.05, 3.63) is 29.8 Å². The molecule has 16 heavy (non-hydrogen) atoms. The summed E-state index contributed by atoms with van der Waals surface area (Å²) in [5.41, 5.74) is 1.20. The predicted octanol–water partition coefficient (Wildman–Crippen LogP) is 3.39. The van der Waals surface area contributed by atoms with Crippen LogP contribution in [0.2, 0.25) is 0 Å². The summed E-state index contributed by atoms with van der Waals surface area (Å²) in [6.45, 7) is 4.69. The third kappa shape index (κ3) is 4.47. The fourth-order valence-corrected chi connectivity index (χ4v) is 1.61. The lowest BCUT2D eigenvalue weighted by atomic mass is 10.1. The van der Waals surface area contributed by atoms with Crippen molar-refractivity contribution in [3.63, 3.8) is 0 Å². The van der Waals surface area contributed by atoms with Crippen molar-refractivity contribution in [2.45, 2.75) is 39.5 Å². The number of ether oxygens (including phenoxy) is 1. The van der Waals surface area contributed by atoms with Gasteiger partial charge in [0, 0.05) is 12.8 Å². The van der Waals surface area contributed by atoms with Crippen LogP contribution in [-0.2, 0) is 11.2 Å². The molecule has 2 nitrogen and oxygen atoms in total. The summed E-state index contributed by atoms with van der Waals surface area (Å²) < 4.78 is 5.36. The number of aryl methyl sites for hydroxylation is 1. The maximum atomic E-state index is 11.4. The largest absolute Gasteiger partial charge is 0.494 e. The molecule has 0 aliphatic heterocycles. The average molecular weight is 220 g/mol. The van der Waals surface area contributed by atoms with Crippen LogP contribution in [0.3, 0.4) is 0 Å². The van der Waals surface area contributed by atoms with Gasteiger partial charge in [-0.2, -0.15) is 0 Å². The van der Waals surface area contributed by atoms with Gasteiger partial charge in [0.05, 0.1) is 6.61 Å². The number of benzene rings is 1. The molecule has 0 aliphatic rings. The lowest BCUT2D eigenvalue weighted by Crippen LogP contribution is -1.99. The molecule has 0 fully saturated rings. The van der Waals surface area contributed by atoms with Crippen LogP contribution in [0.4, 0.5) is 0 Å². The molecule has 0 atom stereocenters. The highest BCUT2D eigenvalue weighted by Gasteiger charge is 2.01. The highest BCUT2D eigenvalue weighted by atomic mass is 16.5. The number of carbonyl (C=O) groups is 1. The predicted molar refractivity (Wildman–Crippen MR) is 65.8 cm³/mol. The Bertz CT molecular complexity index is 314. The number of rotatable bonds is 7. The van der Waals surface area contributed by atoms with E-state index < -0.39 is 0 Å². The van der Waals surface area contributed by atoms with Crippen LogP contribution < -0.4 is 4.74 Å². The second kappa shape index (κ2) is 7.04. The van der Waals surface area contributed by atoms with Crippen molar-refractivity contribution in [3.8, 4) is 5.75 Å². The Hall–Kier alpha value is -1.31. The Morgan fingerprint density at radius 2 is 1.81 bits per heavy atom. The summed E-state index contributed by atoms with van der Waals surface area (Å²) in [5.74, 6) is 1.25. The molecule has 88 valence electrons. The first-order chi connectivity index (χ1) is 7.76. The molecule has 1 rings (SSSR count). The molecule has 0 spiro atoms. The lowest BCUT2D eigenvalue weighted by molar-refractivity contribution is -0.119. The van der Waals surface area contributed by atoms with Crippen molar-refractivity contribution in [1.29, 1.82) is 0 Å². The zero-order valence-corrected chi connectivity index (χ0v) is 10.2. The second-order valence-electron chi connectivity index (χ2n) is 3.87. The van der Waals surface area contributed by atoms with Crippen LogP contribution in [0.25, 0.3) is 0 Å². The zero-order chi connectivity index (χ0) is 11.8. The minimum atomic E-state index is 0.358. The molecule has 0 aliphatic carbocycles. The van der Waals surface area contributed by atoms with Gasteiger partial charge in [-0.15, -0.1) is 0 Å². The highest BCUT2D eigenvalue weighted by molar-refractivity contribution is 5.78. The normalized spacial score (nSPS) is 10.1. The average Bonchev–Trinajstić information content (AvgIpc) is 2.29. The molecule has 0 unspecified atom stereocenters. The van der Waals surface area contributed by atoms with E-state index in [1.54, 1.807) is 0 Å². The topological polar surface area (TPSA) is 26.3 Å². The van der Waals surface area contributed by atoms with Crippen molar-refractivity contribution in [2.24, 2.45) is 0 Å². The first kappa shape index (κ1) is 12.8. The third-order valence-electron chi connectivity index (χ3n) is 2.46. The maximum Gasteiger partial charge on any atom is 0.133 e. The SMILES string of the molecule is CCCC(=O)CCc1ccc(OCC)cc1. The fourth-order valence-electron chi connectivity index (χ4n) is 1.61. The van der Waals surface area contributed by atoms with Crippen molar-refractivity contribution < 1.29 is 9.53 Å². The Morgan fingerprint density at radius 3 is 2.38 bits per heavy atom. The summed E-state index contributed by atoms with van der Waals surface area (Å²) >= 11 is 0. The maximum absolute atomic E-state index is 11.4. The number of ketones is 1. The Morgan fingerprint density at radius 1 is 1.12 bits per heavy atom. The molecule has 0 saturated carbocycles. The molecule has 0 amide bonds. The quantitative estimate of drug-likeness (QED) is 0.704. The Kier molecular flexibility index (Phi) is 5.62. The van der Waals surface area contributed by atoms with Gasteiger partial charge in [0.25, 0.3) is 0 Å². The van der Waals surface area contributed by atoms with Gasteiger partial charge in [-0.3, -0.25) is 4.79 Å². The summed E-state index contributed by atoms with van der Waals surface area (Å²) in [7, 11) is 0. The van der Waals surface area contributed by atoms with Gasteiger partial charge in [-0.05, 0) is 37.5 Å².